The maximum absolute atomic E-state index is 6.02. The van der Waals surface area contributed by atoms with Gasteiger partial charge in [0.05, 0.1) is 12.1 Å². The lowest BCUT2D eigenvalue weighted by Crippen LogP contribution is -2.47. The van der Waals surface area contributed by atoms with Gasteiger partial charge in [0.25, 0.3) is 0 Å². The highest BCUT2D eigenvalue weighted by molar-refractivity contribution is 5.81. The van der Waals surface area contributed by atoms with Crippen LogP contribution in [0.2, 0.25) is 0 Å². The zero-order chi connectivity index (χ0) is 14.0. The van der Waals surface area contributed by atoms with Crippen LogP contribution in [0.1, 0.15) is 25.8 Å². The number of guanidine groups is 1. The molecule has 1 aromatic carbocycles. The van der Waals surface area contributed by atoms with Crippen LogP contribution < -0.4 is 10.6 Å². The minimum Gasteiger partial charge on any atom is -0.378 e. The molecule has 1 heterocycles. The fourth-order valence-electron chi connectivity index (χ4n) is 2.61. The maximum Gasteiger partial charge on any atom is 0.192 e. The van der Waals surface area contributed by atoms with Crippen molar-refractivity contribution in [2.75, 3.05) is 32.1 Å². The summed E-state index contributed by atoms with van der Waals surface area (Å²) < 4.78 is 0. The molecule has 0 saturated heterocycles. The number of benzene rings is 1. The Bertz CT molecular complexity index is 464. The van der Waals surface area contributed by atoms with Gasteiger partial charge in [-0.3, -0.25) is 4.99 Å². The number of hydrogen-bond donors (Lipinski definition) is 1. The van der Waals surface area contributed by atoms with Gasteiger partial charge in [0.1, 0.15) is 0 Å². The fraction of sp³-hybridized carbons (Fsp3) is 0.533. The average molecular weight is 260 g/mol. The molecule has 0 saturated carbocycles. The van der Waals surface area contributed by atoms with Crippen molar-refractivity contribution < 1.29 is 0 Å². The van der Waals surface area contributed by atoms with Crippen LogP contribution in [0.15, 0.2) is 29.3 Å². The van der Waals surface area contributed by atoms with E-state index in [0.29, 0.717) is 5.96 Å². The Labute approximate surface area is 115 Å². The van der Waals surface area contributed by atoms with E-state index in [4.69, 9.17) is 5.73 Å². The lowest BCUT2D eigenvalue weighted by atomic mass is 9.90. The molecule has 0 radical (unpaired) electrons. The van der Waals surface area contributed by atoms with E-state index in [0.717, 1.165) is 19.5 Å². The minimum atomic E-state index is -0.106. The molecule has 1 aliphatic rings. The van der Waals surface area contributed by atoms with Gasteiger partial charge in [0.2, 0.25) is 0 Å². The highest BCUT2D eigenvalue weighted by Crippen LogP contribution is 2.33. The van der Waals surface area contributed by atoms with Gasteiger partial charge in [-0.1, -0.05) is 19.1 Å². The summed E-state index contributed by atoms with van der Waals surface area (Å²) in [6.45, 7) is 6.07. The molecule has 0 aromatic heterocycles. The molecule has 0 aliphatic carbocycles. The molecule has 4 nitrogen and oxygen atoms in total. The van der Waals surface area contributed by atoms with Crippen molar-refractivity contribution in [1.82, 2.24) is 4.90 Å². The molecule has 4 heteroatoms. The Morgan fingerprint density at radius 1 is 1.32 bits per heavy atom. The molecule has 0 fully saturated rings. The first kappa shape index (κ1) is 13.7. The number of rotatable bonds is 4. The van der Waals surface area contributed by atoms with E-state index in [1.54, 1.807) is 0 Å². The van der Waals surface area contributed by atoms with Gasteiger partial charge in [-0.15, -0.1) is 0 Å². The molecule has 1 unspecified atom stereocenters. The molecular weight excluding hydrogens is 236 g/mol. The molecule has 1 aliphatic heterocycles. The minimum absolute atomic E-state index is 0.106. The van der Waals surface area contributed by atoms with Crippen molar-refractivity contribution >= 4 is 11.6 Å². The SMILES string of the molecule is CCCN1C(N)=NCC1(C)c1ccc(N(C)C)cc1. The molecule has 1 atom stereocenters. The highest BCUT2D eigenvalue weighted by Gasteiger charge is 2.38. The van der Waals surface area contributed by atoms with E-state index in [2.05, 4.69) is 67.0 Å². The van der Waals surface area contributed by atoms with E-state index in [9.17, 15) is 0 Å². The number of hydrogen-bond acceptors (Lipinski definition) is 4. The zero-order valence-electron chi connectivity index (χ0n) is 12.3. The number of nitrogens with zero attached hydrogens (tertiary/aromatic N) is 3. The summed E-state index contributed by atoms with van der Waals surface area (Å²) in [6.07, 6.45) is 1.07. The largest absolute Gasteiger partial charge is 0.378 e. The summed E-state index contributed by atoms with van der Waals surface area (Å²) in [6, 6.07) is 8.68. The molecule has 0 spiro atoms. The van der Waals surface area contributed by atoms with Crippen molar-refractivity contribution in [3.63, 3.8) is 0 Å². The van der Waals surface area contributed by atoms with Gasteiger partial charge in [0, 0.05) is 26.3 Å². The van der Waals surface area contributed by atoms with Crippen molar-refractivity contribution in [3.8, 4) is 0 Å². The second kappa shape index (κ2) is 5.11. The van der Waals surface area contributed by atoms with Gasteiger partial charge in [-0.2, -0.15) is 0 Å². The van der Waals surface area contributed by atoms with Gasteiger partial charge < -0.3 is 15.5 Å². The summed E-state index contributed by atoms with van der Waals surface area (Å²) in [5.74, 6) is 0.668. The van der Waals surface area contributed by atoms with Crippen molar-refractivity contribution in [1.29, 1.82) is 0 Å². The Hall–Kier alpha value is -1.71. The van der Waals surface area contributed by atoms with Crippen LogP contribution in [-0.2, 0) is 5.54 Å². The van der Waals surface area contributed by atoms with Crippen LogP contribution in [0.5, 0.6) is 0 Å². The number of nitrogens with two attached hydrogens (primary N) is 1. The second-order valence-electron chi connectivity index (χ2n) is 5.54. The summed E-state index contributed by atoms with van der Waals surface area (Å²) in [5.41, 5.74) is 8.40. The molecule has 0 bridgehead atoms. The third-order valence-corrected chi connectivity index (χ3v) is 3.87. The smallest absolute Gasteiger partial charge is 0.192 e. The molecular formula is C15H24N4. The van der Waals surface area contributed by atoms with E-state index in [1.807, 2.05) is 0 Å². The van der Waals surface area contributed by atoms with Crippen LogP contribution in [0, 0.1) is 0 Å². The quantitative estimate of drug-likeness (QED) is 0.900. The van der Waals surface area contributed by atoms with Crippen molar-refractivity contribution in [3.05, 3.63) is 29.8 Å². The number of anilines is 1. The lowest BCUT2D eigenvalue weighted by molar-refractivity contribution is 0.225. The van der Waals surface area contributed by atoms with E-state index >= 15 is 0 Å². The summed E-state index contributed by atoms with van der Waals surface area (Å²) in [4.78, 5) is 8.76. The second-order valence-corrected chi connectivity index (χ2v) is 5.54. The molecule has 104 valence electrons. The summed E-state index contributed by atoms with van der Waals surface area (Å²) in [5, 5.41) is 0. The van der Waals surface area contributed by atoms with Crippen molar-refractivity contribution in [2.24, 2.45) is 10.7 Å². The predicted octanol–water partition coefficient (Wildman–Crippen LogP) is 2.01. The van der Waals surface area contributed by atoms with Crippen LogP contribution in [0.4, 0.5) is 5.69 Å². The molecule has 2 N–H and O–H groups in total. The van der Waals surface area contributed by atoms with E-state index < -0.39 is 0 Å². The first-order valence-corrected chi connectivity index (χ1v) is 6.84. The summed E-state index contributed by atoms with van der Waals surface area (Å²) in [7, 11) is 4.10. The Kier molecular flexibility index (Phi) is 3.69. The van der Waals surface area contributed by atoms with Gasteiger partial charge in [0.15, 0.2) is 5.96 Å². The monoisotopic (exact) mass is 260 g/mol. The molecule has 19 heavy (non-hydrogen) atoms. The van der Waals surface area contributed by atoms with Crippen LogP contribution in [0.3, 0.4) is 0 Å². The average Bonchev–Trinajstić information content (AvgIpc) is 2.69. The normalized spacial score (nSPS) is 22.5. The predicted molar refractivity (Wildman–Crippen MR) is 81.6 cm³/mol. The fourth-order valence-corrected chi connectivity index (χ4v) is 2.61. The Morgan fingerprint density at radius 3 is 2.47 bits per heavy atom. The Morgan fingerprint density at radius 2 is 1.95 bits per heavy atom. The van der Waals surface area contributed by atoms with Crippen LogP contribution in [-0.4, -0.2) is 38.0 Å². The third-order valence-electron chi connectivity index (χ3n) is 3.87. The lowest BCUT2D eigenvalue weighted by Gasteiger charge is -2.36. The molecule has 1 aromatic rings. The van der Waals surface area contributed by atoms with E-state index in [1.165, 1.54) is 11.3 Å². The maximum atomic E-state index is 6.02. The van der Waals surface area contributed by atoms with E-state index in [-0.39, 0.29) is 5.54 Å². The highest BCUT2D eigenvalue weighted by atomic mass is 15.3. The van der Waals surface area contributed by atoms with Gasteiger partial charge in [-0.25, -0.2) is 0 Å². The van der Waals surface area contributed by atoms with Gasteiger partial charge >= 0.3 is 0 Å². The molecule has 0 amide bonds. The molecule has 2 rings (SSSR count). The van der Waals surface area contributed by atoms with Crippen molar-refractivity contribution in [2.45, 2.75) is 25.8 Å². The third kappa shape index (κ3) is 2.39. The topological polar surface area (TPSA) is 44.9 Å². The summed E-state index contributed by atoms with van der Waals surface area (Å²) >= 11 is 0. The number of aliphatic imine (C=N–C) groups is 1. The van der Waals surface area contributed by atoms with Crippen LogP contribution in [0.25, 0.3) is 0 Å². The van der Waals surface area contributed by atoms with Crippen LogP contribution >= 0.6 is 0 Å². The van der Waals surface area contributed by atoms with Gasteiger partial charge in [-0.05, 0) is 31.0 Å². The first-order chi connectivity index (χ1) is 8.99. The zero-order valence-corrected chi connectivity index (χ0v) is 12.3. The standard InChI is InChI=1S/C15H24N4/c1-5-10-19-14(16)17-11-15(19,2)12-6-8-13(9-7-12)18(3)4/h6-9H,5,10-11H2,1-4H3,(H2,16,17). The first-order valence-electron chi connectivity index (χ1n) is 6.84. The Balaban J connectivity index is 2.29.